The van der Waals surface area contributed by atoms with Crippen molar-refractivity contribution in [3.05, 3.63) is 92.9 Å². The van der Waals surface area contributed by atoms with Gasteiger partial charge in [-0.1, -0.05) is 65.1 Å². The van der Waals surface area contributed by atoms with Crippen molar-refractivity contribution in [3.8, 4) is 5.75 Å². The number of benzene rings is 3. The topological polar surface area (TPSA) is 21.3 Å². The number of nitrogens with one attached hydrogen (secondary N) is 1. The van der Waals surface area contributed by atoms with Crippen LogP contribution < -0.4 is 10.1 Å². The summed E-state index contributed by atoms with van der Waals surface area (Å²) in [5.41, 5.74) is 3.00. The van der Waals surface area contributed by atoms with Crippen LogP contribution in [0, 0.1) is 0 Å². The molecule has 3 rings (SSSR count). The number of halogens is 3. The van der Waals surface area contributed by atoms with E-state index in [1.165, 1.54) is 0 Å². The van der Waals surface area contributed by atoms with Crippen LogP contribution >= 0.6 is 34.8 Å². The minimum atomic E-state index is 0.419. The van der Waals surface area contributed by atoms with E-state index in [2.05, 4.69) is 5.32 Å². The van der Waals surface area contributed by atoms with E-state index in [0.29, 0.717) is 34.0 Å². The second kappa shape index (κ2) is 8.48. The van der Waals surface area contributed by atoms with E-state index >= 15 is 0 Å². The lowest BCUT2D eigenvalue weighted by atomic mass is 10.2. The molecule has 0 radical (unpaired) electrons. The highest BCUT2D eigenvalue weighted by atomic mass is 35.5. The predicted octanol–water partition coefficient (Wildman–Crippen LogP) is 6.84. The molecule has 0 amide bonds. The molecule has 3 aromatic rings. The summed E-state index contributed by atoms with van der Waals surface area (Å²) >= 11 is 18.6. The lowest BCUT2D eigenvalue weighted by Gasteiger charge is -2.13. The first-order valence-corrected chi connectivity index (χ1v) is 8.89. The van der Waals surface area contributed by atoms with Crippen LogP contribution in [0.3, 0.4) is 0 Å². The minimum Gasteiger partial charge on any atom is -0.486 e. The van der Waals surface area contributed by atoms with E-state index in [9.17, 15) is 0 Å². The highest BCUT2D eigenvalue weighted by Crippen LogP contribution is 2.35. The number of ether oxygens (including phenoxy) is 1. The normalized spacial score (nSPS) is 10.5. The summed E-state index contributed by atoms with van der Waals surface area (Å²) in [6.07, 6.45) is 0. The van der Waals surface area contributed by atoms with E-state index in [1.807, 2.05) is 66.7 Å². The van der Waals surface area contributed by atoms with Crippen molar-refractivity contribution in [2.45, 2.75) is 13.2 Å². The van der Waals surface area contributed by atoms with Gasteiger partial charge in [0.1, 0.15) is 6.61 Å². The Morgan fingerprint density at radius 2 is 1.40 bits per heavy atom. The molecule has 128 valence electrons. The van der Waals surface area contributed by atoms with Gasteiger partial charge in [0.05, 0.1) is 10.0 Å². The van der Waals surface area contributed by atoms with Gasteiger partial charge in [0.25, 0.3) is 0 Å². The maximum Gasteiger partial charge on any atom is 0.156 e. The Hall–Kier alpha value is -1.87. The fourth-order valence-corrected chi connectivity index (χ4v) is 3.12. The van der Waals surface area contributed by atoms with Crippen LogP contribution in [0.2, 0.25) is 15.1 Å². The molecule has 0 aromatic heterocycles. The van der Waals surface area contributed by atoms with E-state index < -0.39 is 0 Å². The van der Waals surface area contributed by atoms with Crippen molar-refractivity contribution in [1.29, 1.82) is 0 Å². The maximum atomic E-state index is 6.35. The first kappa shape index (κ1) is 17.9. The molecule has 0 aliphatic heterocycles. The van der Waals surface area contributed by atoms with Crippen LogP contribution in [-0.4, -0.2) is 0 Å². The Balaban J connectivity index is 1.66. The van der Waals surface area contributed by atoms with Gasteiger partial charge in [0.2, 0.25) is 0 Å². The zero-order chi connectivity index (χ0) is 17.6. The molecule has 1 N–H and O–H groups in total. The van der Waals surface area contributed by atoms with Gasteiger partial charge in [-0.2, -0.15) is 0 Å². The average molecular weight is 393 g/mol. The molecule has 0 heterocycles. The third-order valence-electron chi connectivity index (χ3n) is 3.62. The van der Waals surface area contributed by atoms with Gasteiger partial charge in [0, 0.05) is 17.3 Å². The number of anilines is 1. The molecule has 0 fully saturated rings. The largest absolute Gasteiger partial charge is 0.486 e. The van der Waals surface area contributed by atoms with E-state index in [4.69, 9.17) is 39.5 Å². The Morgan fingerprint density at radius 3 is 2.04 bits per heavy atom. The summed E-state index contributed by atoms with van der Waals surface area (Å²) < 4.78 is 5.79. The predicted molar refractivity (Wildman–Crippen MR) is 106 cm³/mol. The molecular formula is C20H16Cl3NO. The lowest BCUT2D eigenvalue weighted by Crippen LogP contribution is -2.01. The van der Waals surface area contributed by atoms with Crippen molar-refractivity contribution < 1.29 is 4.74 Å². The van der Waals surface area contributed by atoms with E-state index in [0.717, 1.165) is 16.8 Å². The summed E-state index contributed by atoms with van der Waals surface area (Å²) in [6.45, 7) is 1.02. The zero-order valence-electron chi connectivity index (χ0n) is 13.3. The zero-order valence-corrected chi connectivity index (χ0v) is 15.6. The molecule has 0 aliphatic rings. The van der Waals surface area contributed by atoms with Crippen LogP contribution in [0.1, 0.15) is 11.1 Å². The molecule has 2 nitrogen and oxygen atoms in total. The van der Waals surface area contributed by atoms with Gasteiger partial charge in [-0.25, -0.2) is 0 Å². The van der Waals surface area contributed by atoms with Crippen LogP contribution in [0.25, 0.3) is 0 Å². The fraction of sp³-hybridized carbons (Fsp3) is 0.100. The molecule has 0 saturated heterocycles. The standard InChI is InChI=1S/C20H16Cl3NO/c21-16-6-8-17(9-7-16)24-12-15-10-18(22)20(19(23)11-15)25-13-14-4-2-1-3-5-14/h1-11,24H,12-13H2. The van der Waals surface area contributed by atoms with E-state index in [-0.39, 0.29) is 0 Å². The highest BCUT2D eigenvalue weighted by Gasteiger charge is 2.10. The Kier molecular flexibility index (Phi) is 6.09. The Labute approximate surface area is 162 Å². The highest BCUT2D eigenvalue weighted by molar-refractivity contribution is 6.37. The van der Waals surface area contributed by atoms with Gasteiger partial charge in [0.15, 0.2) is 5.75 Å². The van der Waals surface area contributed by atoms with Crippen molar-refractivity contribution in [3.63, 3.8) is 0 Å². The molecule has 0 spiro atoms. The quantitative estimate of drug-likeness (QED) is 0.496. The van der Waals surface area contributed by atoms with Gasteiger partial charge in [-0.15, -0.1) is 0 Å². The van der Waals surface area contributed by atoms with Crippen molar-refractivity contribution >= 4 is 40.5 Å². The van der Waals surface area contributed by atoms with Crippen LogP contribution in [-0.2, 0) is 13.2 Å². The fourth-order valence-electron chi connectivity index (χ4n) is 2.35. The van der Waals surface area contributed by atoms with Crippen molar-refractivity contribution in [1.82, 2.24) is 0 Å². The summed E-state index contributed by atoms with van der Waals surface area (Å²) in [7, 11) is 0. The molecular weight excluding hydrogens is 377 g/mol. The van der Waals surface area contributed by atoms with Gasteiger partial charge >= 0.3 is 0 Å². The van der Waals surface area contributed by atoms with Crippen LogP contribution in [0.5, 0.6) is 5.75 Å². The smallest absolute Gasteiger partial charge is 0.156 e. The third-order valence-corrected chi connectivity index (χ3v) is 4.44. The van der Waals surface area contributed by atoms with Gasteiger partial charge in [-0.05, 0) is 47.5 Å². The summed E-state index contributed by atoms with van der Waals surface area (Å²) in [6, 6.07) is 21.1. The third kappa shape index (κ3) is 5.05. The first-order valence-electron chi connectivity index (χ1n) is 7.76. The summed E-state index contributed by atoms with van der Waals surface area (Å²) in [5.74, 6) is 0.502. The number of rotatable bonds is 6. The molecule has 3 aromatic carbocycles. The Morgan fingerprint density at radius 1 is 0.760 bits per heavy atom. The molecule has 25 heavy (non-hydrogen) atoms. The van der Waals surface area contributed by atoms with Gasteiger partial charge in [-0.3, -0.25) is 0 Å². The summed E-state index contributed by atoms with van der Waals surface area (Å²) in [5, 5.41) is 5.00. The molecule has 0 atom stereocenters. The van der Waals surface area contributed by atoms with Crippen LogP contribution in [0.15, 0.2) is 66.7 Å². The molecule has 0 unspecified atom stereocenters. The van der Waals surface area contributed by atoms with E-state index in [1.54, 1.807) is 0 Å². The first-order chi connectivity index (χ1) is 12.1. The molecule has 0 saturated carbocycles. The number of hydrogen-bond acceptors (Lipinski definition) is 2. The average Bonchev–Trinajstić information content (AvgIpc) is 2.61. The lowest BCUT2D eigenvalue weighted by molar-refractivity contribution is 0.306. The van der Waals surface area contributed by atoms with Gasteiger partial charge < -0.3 is 10.1 Å². The molecule has 0 aliphatic carbocycles. The number of hydrogen-bond donors (Lipinski definition) is 1. The van der Waals surface area contributed by atoms with Crippen molar-refractivity contribution in [2.75, 3.05) is 5.32 Å². The maximum absolute atomic E-state index is 6.35. The minimum absolute atomic E-state index is 0.419. The van der Waals surface area contributed by atoms with Crippen LogP contribution in [0.4, 0.5) is 5.69 Å². The second-order valence-electron chi connectivity index (χ2n) is 5.52. The SMILES string of the molecule is Clc1ccc(NCc2cc(Cl)c(OCc3ccccc3)c(Cl)c2)cc1. The molecule has 5 heteroatoms. The molecule has 0 bridgehead atoms. The summed E-state index contributed by atoms with van der Waals surface area (Å²) in [4.78, 5) is 0. The second-order valence-corrected chi connectivity index (χ2v) is 6.77. The Bertz CT molecular complexity index is 812. The van der Waals surface area contributed by atoms with Crippen molar-refractivity contribution in [2.24, 2.45) is 0 Å². The monoisotopic (exact) mass is 391 g/mol.